The Balaban J connectivity index is 2.35. The van der Waals surface area contributed by atoms with Crippen molar-refractivity contribution in [2.24, 2.45) is 5.73 Å². The van der Waals surface area contributed by atoms with E-state index in [0.29, 0.717) is 0 Å². The van der Waals surface area contributed by atoms with Gasteiger partial charge in [-0.3, -0.25) is 30.3 Å². The summed E-state index contributed by atoms with van der Waals surface area (Å²) in [6, 6.07) is 0. The van der Waals surface area contributed by atoms with Crippen LogP contribution in [0.2, 0.25) is 0 Å². The minimum absolute atomic E-state index is 0.0656. The molecule has 0 saturated carbocycles. The monoisotopic (exact) mass is 317 g/mol. The van der Waals surface area contributed by atoms with Gasteiger partial charge in [0.2, 0.25) is 0 Å². The molecule has 2 aliphatic rings. The van der Waals surface area contributed by atoms with Crippen molar-refractivity contribution in [3.8, 4) is 0 Å². The van der Waals surface area contributed by atoms with Gasteiger partial charge in [-0.1, -0.05) is 0 Å². The van der Waals surface area contributed by atoms with E-state index in [9.17, 15) is 29.6 Å². The van der Waals surface area contributed by atoms with Gasteiger partial charge < -0.3 is 9.84 Å². The Kier molecular flexibility index (Phi) is 3.63. The zero-order chi connectivity index (χ0) is 15.9. The molecule has 2 aliphatic heterocycles. The molecule has 0 radical (unpaired) electrons. The molecule has 0 aromatic carbocycles. The lowest BCUT2D eigenvalue weighted by molar-refractivity contribution is -0.566. The first kappa shape index (κ1) is 15.3. The van der Waals surface area contributed by atoms with E-state index < -0.39 is 39.5 Å². The van der Waals surface area contributed by atoms with Gasteiger partial charge in [-0.2, -0.15) is 0 Å². The molecule has 0 aliphatic carbocycles. The summed E-state index contributed by atoms with van der Waals surface area (Å²) in [6.07, 6.45) is 0. The number of nitrogens with zero attached hydrogens (tertiary/aromatic N) is 2. The molecule has 0 spiro atoms. The number of fused-ring (bicyclic) bond motifs is 1. The highest BCUT2D eigenvalue weighted by molar-refractivity contribution is 8.00. The Morgan fingerprint density at radius 2 is 2.29 bits per heavy atom. The van der Waals surface area contributed by atoms with Crippen molar-refractivity contribution in [2.75, 3.05) is 12.4 Å². The fourth-order valence-corrected chi connectivity index (χ4v) is 3.47. The summed E-state index contributed by atoms with van der Waals surface area (Å²) in [6.45, 7) is 0.864. The van der Waals surface area contributed by atoms with Gasteiger partial charge in [0.25, 0.3) is 0 Å². The smallest absolute Gasteiger partial charge is 0.380 e. The van der Waals surface area contributed by atoms with Crippen LogP contribution in [-0.2, 0) is 19.1 Å². The minimum Gasteiger partial charge on any atom is -0.477 e. The summed E-state index contributed by atoms with van der Waals surface area (Å²) in [7, 11) is 0. The van der Waals surface area contributed by atoms with Gasteiger partial charge in [0.1, 0.15) is 12.3 Å². The number of hydrogen-bond donors (Lipinski definition) is 2. The molecule has 1 fully saturated rings. The van der Waals surface area contributed by atoms with Crippen LogP contribution in [0.25, 0.3) is 0 Å². The first-order valence-electron chi connectivity index (χ1n) is 5.68. The number of nitro groups is 1. The number of esters is 1. The molecule has 2 rings (SSSR count). The minimum atomic E-state index is -2.32. The topological polar surface area (TPSA) is 153 Å². The van der Waals surface area contributed by atoms with E-state index in [-0.39, 0.29) is 17.9 Å². The number of hydrogen-bond acceptors (Lipinski definition) is 8. The van der Waals surface area contributed by atoms with Gasteiger partial charge >= 0.3 is 23.5 Å². The average molecular weight is 317 g/mol. The fraction of sp³-hybridized carbons (Fsp3) is 0.500. The third-order valence-corrected chi connectivity index (χ3v) is 4.52. The molecule has 0 aromatic rings. The van der Waals surface area contributed by atoms with Crippen LogP contribution in [0.4, 0.5) is 0 Å². The molecule has 2 atom stereocenters. The molecule has 0 bridgehead atoms. The van der Waals surface area contributed by atoms with Gasteiger partial charge in [-0.25, -0.2) is 4.79 Å². The fourth-order valence-electron chi connectivity index (χ4n) is 2.10. The standard InChI is InChI=1S/C10H11N3O7S/c1-4(14)20-2-5-3-21-9-10(11,13(18)19)8(17)12(9)6(5)7(15)16/h9H,2-3,11H2,1H3,(H,15,16)/t9-,10-/m1/s1. The van der Waals surface area contributed by atoms with Crippen LogP contribution in [0.1, 0.15) is 6.92 Å². The van der Waals surface area contributed by atoms with Crippen LogP contribution < -0.4 is 5.73 Å². The third-order valence-electron chi connectivity index (χ3n) is 3.12. The van der Waals surface area contributed by atoms with Gasteiger partial charge in [-0.05, 0) is 0 Å². The number of β-lactam (4-membered cyclic amide) rings is 1. The number of carboxylic acid groups (broad SMARTS) is 1. The summed E-state index contributed by atoms with van der Waals surface area (Å²) in [5.74, 6) is -3.06. The second-order valence-electron chi connectivity index (χ2n) is 4.46. The third kappa shape index (κ3) is 2.14. The van der Waals surface area contributed by atoms with Crippen LogP contribution in [0.15, 0.2) is 11.3 Å². The number of nitrogens with two attached hydrogens (primary N) is 1. The molecule has 3 N–H and O–H groups in total. The quantitative estimate of drug-likeness (QED) is 0.212. The highest BCUT2D eigenvalue weighted by Crippen LogP contribution is 2.45. The highest BCUT2D eigenvalue weighted by Gasteiger charge is 2.72. The van der Waals surface area contributed by atoms with E-state index in [2.05, 4.69) is 0 Å². The Bertz CT molecular complexity index is 589. The number of aliphatic carboxylic acids is 1. The summed E-state index contributed by atoms with van der Waals surface area (Å²) in [5.41, 5.74) is 2.92. The lowest BCUT2D eigenvalue weighted by atomic mass is 9.97. The van der Waals surface area contributed by atoms with E-state index in [0.717, 1.165) is 23.6 Å². The largest absolute Gasteiger partial charge is 0.477 e. The molecule has 10 nitrogen and oxygen atoms in total. The Hall–Kier alpha value is -2.14. The normalized spacial score (nSPS) is 27.8. The zero-order valence-electron chi connectivity index (χ0n) is 10.8. The molecule has 1 amide bonds. The lowest BCUT2D eigenvalue weighted by Crippen LogP contribution is -2.81. The number of amides is 1. The van der Waals surface area contributed by atoms with Crippen LogP contribution >= 0.6 is 11.8 Å². The molecular formula is C10H11N3O7S. The van der Waals surface area contributed by atoms with Gasteiger partial charge in [0, 0.05) is 18.2 Å². The second-order valence-corrected chi connectivity index (χ2v) is 5.53. The maximum absolute atomic E-state index is 11.9. The maximum atomic E-state index is 11.9. The van der Waals surface area contributed by atoms with Gasteiger partial charge in [0.15, 0.2) is 5.37 Å². The number of carbonyl (C=O) groups excluding carboxylic acids is 2. The predicted molar refractivity (Wildman–Crippen MR) is 68.3 cm³/mol. The number of carbonyl (C=O) groups is 3. The Morgan fingerprint density at radius 3 is 2.76 bits per heavy atom. The van der Waals surface area contributed by atoms with Crippen molar-refractivity contribution in [1.82, 2.24) is 4.90 Å². The molecule has 1 saturated heterocycles. The van der Waals surface area contributed by atoms with Crippen LogP contribution in [0.5, 0.6) is 0 Å². The Labute approximate surface area is 122 Å². The van der Waals surface area contributed by atoms with Crippen LogP contribution in [0, 0.1) is 10.1 Å². The molecule has 0 unspecified atom stereocenters. The van der Waals surface area contributed by atoms with Crippen molar-refractivity contribution in [3.63, 3.8) is 0 Å². The lowest BCUT2D eigenvalue weighted by Gasteiger charge is -2.49. The number of ether oxygens (including phenoxy) is 1. The van der Waals surface area contributed by atoms with Crippen LogP contribution in [-0.4, -0.2) is 56.2 Å². The van der Waals surface area contributed by atoms with Gasteiger partial charge in [0.05, 0.1) is 4.92 Å². The van der Waals surface area contributed by atoms with Crippen LogP contribution in [0.3, 0.4) is 0 Å². The summed E-state index contributed by atoms with van der Waals surface area (Å²) < 4.78 is 4.73. The van der Waals surface area contributed by atoms with Crippen molar-refractivity contribution in [1.29, 1.82) is 0 Å². The maximum Gasteiger partial charge on any atom is 0.380 e. The second kappa shape index (κ2) is 5.00. The number of thioether (sulfide) groups is 1. The zero-order valence-corrected chi connectivity index (χ0v) is 11.6. The summed E-state index contributed by atoms with van der Waals surface area (Å²) in [4.78, 5) is 44.8. The van der Waals surface area contributed by atoms with E-state index >= 15 is 0 Å². The van der Waals surface area contributed by atoms with Crippen molar-refractivity contribution >= 4 is 29.6 Å². The molecule has 11 heteroatoms. The van der Waals surface area contributed by atoms with Crippen molar-refractivity contribution in [2.45, 2.75) is 18.0 Å². The van der Waals surface area contributed by atoms with E-state index in [4.69, 9.17) is 10.5 Å². The first-order valence-corrected chi connectivity index (χ1v) is 6.73. The molecular weight excluding hydrogens is 306 g/mol. The first-order chi connectivity index (χ1) is 9.71. The summed E-state index contributed by atoms with van der Waals surface area (Å²) >= 11 is 0.959. The van der Waals surface area contributed by atoms with Crippen molar-refractivity contribution in [3.05, 3.63) is 21.4 Å². The van der Waals surface area contributed by atoms with Crippen molar-refractivity contribution < 1.29 is 29.2 Å². The SMILES string of the molecule is CC(=O)OCC1=C(C(=O)O)N2C(=O)[C@@](N)([N+](=O)[O-])[C@H]2SC1. The summed E-state index contributed by atoms with van der Waals surface area (Å²) in [5, 5.41) is 19.0. The van der Waals surface area contributed by atoms with Gasteiger partial charge in [-0.15, -0.1) is 11.8 Å². The predicted octanol–water partition coefficient (Wildman–Crippen LogP) is -1.26. The average Bonchev–Trinajstić information content (AvgIpc) is 2.41. The molecule has 21 heavy (non-hydrogen) atoms. The number of rotatable bonds is 4. The number of carboxylic acids is 1. The Morgan fingerprint density at radius 1 is 1.67 bits per heavy atom. The molecule has 0 aromatic heterocycles. The highest BCUT2D eigenvalue weighted by atomic mass is 32.2. The molecule has 114 valence electrons. The van der Waals surface area contributed by atoms with E-state index in [1.165, 1.54) is 0 Å². The molecule has 2 heterocycles. The van der Waals surface area contributed by atoms with E-state index in [1.807, 2.05) is 0 Å². The van der Waals surface area contributed by atoms with E-state index in [1.54, 1.807) is 0 Å².